The zero-order valence-electron chi connectivity index (χ0n) is 16.0. The van der Waals surface area contributed by atoms with Gasteiger partial charge in [0.25, 0.3) is 0 Å². The molecule has 0 radical (unpaired) electrons. The van der Waals surface area contributed by atoms with E-state index in [9.17, 15) is 4.79 Å². The van der Waals surface area contributed by atoms with Crippen LogP contribution in [0.3, 0.4) is 0 Å². The molecule has 0 fully saturated rings. The first-order valence-corrected chi connectivity index (χ1v) is 10.8. The third-order valence-electron chi connectivity index (χ3n) is 4.79. The Labute approximate surface area is 192 Å². The molecule has 0 bridgehead atoms. The summed E-state index contributed by atoms with van der Waals surface area (Å²) in [7, 11) is 0. The molecule has 0 saturated heterocycles. The topological polar surface area (TPSA) is 39.2 Å². The zero-order valence-corrected chi connectivity index (χ0v) is 19.1. The molecule has 0 saturated carbocycles. The highest BCUT2D eigenvalue weighted by molar-refractivity contribution is 9.10. The van der Waals surface area contributed by atoms with Crippen LogP contribution < -0.4 is 0 Å². The molecule has 4 rings (SSSR count). The van der Waals surface area contributed by atoms with Crippen molar-refractivity contribution >= 4 is 56.0 Å². The fourth-order valence-corrected chi connectivity index (χ4v) is 4.18. The van der Waals surface area contributed by atoms with Crippen molar-refractivity contribution in [2.45, 2.75) is 13.5 Å². The number of fused-ring (bicyclic) bond motifs is 1. The monoisotopic (exact) mass is 499 g/mol. The lowest BCUT2D eigenvalue weighted by molar-refractivity contribution is 0.0471. The van der Waals surface area contributed by atoms with Gasteiger partial charge >= 0.3 is 5.97 Å². The van der Waals surface area contributed by atoms with Crippen LogP contribution >= 0.6 is 39.1 Å². The molecule has 0 aliphatic heterocycles. The molecule has 0 N–H and O–H groups in total. The van der Waals surface area contributed by atoms with Crippen LogP contribution in [-0.4, -0.2) is 11.0 Å². The molecule has 0 unspecified atom stereocenters. The van der Waals surface area contributed by atoms with Gasteiger partial charge < -0.3 is 4.74 Å². The highest BCUT2D eigenvalue weighted by Crippen LogP contribution is 2.38. The number of hydrogen-bond acceptors (Lipinski definition) is 3. The first-order valence-electron chi connectivity index (χ1n) is 9.21. The maximum atomic E-state index is 13.2. The number of hydrogen-bond donors (Lipinski definition) is 0. The van der Waals surface area contributed by atoms with Crippen molar-refractivity contribution in [2.75, 3.05) is 0 Å². The molecule has 3 nitrogen and oxygen atoms in total. The molecule has 4 aromatic rings. The number of pyridine rings is 1. The molecule has 6 heteroatoms. The number of nitrogens with zero attached hydrogens (tertiary/aromatic N) is 1. The Morgan fingerprint density at radius 3 is 2.53 bits per heavy atom. The van der Waals surface area contributed by atoms with Crippen LogP contribution in [0.25, 0.3) is 22.0 Å². The van der Waals surface area contributed by atoms with Crippen LogP contribution in [0.2, 0.25) is 10.0 Å². The summed E-state index contributed by atoms with van der Waals surface area (Å²) < 4.78 is 6.55. The minimum absolute atomic E-state index is 0.134. The second-order valence-corrected chi connectivity index (χ2v) is 8.45. The largest absolute Gasteiger partial charge is 0.457 e. The van der Waals surface area contributed by atoms with Gasteiger partial charge in [0.05, 0.1) is 16.8 Å². The standard InChI is InChI=1S/C24H16BrCl2NO2/c1-14-22(24(29)30-13-15-6-2-4-8-19(15)25)23(17-7-3-5-9-20(17)27)18-12-16(26)10-11-21(18)28-14/h2-12H,13H2,1H3. The Bertz CT molecular complexity index is 1270. The number of benzene rings is 3. The second kappa shape index (κ2) is 8.76. The maximum absolute atomic E-state index is 13.2. The van der Waals surface area contributed by atoms with Crippen molar-refractivity contribution in [3.8, 4) is 11.1 Å². The van der Waals surface area contributed by atoms with Gasteiger partial charge in [-0.2, -0.15) is 0 Å². The summed E-state index contributed by atoms with van der Waals surface area (Å²) in [5.41, 5.74) is 3.95. The van der Waals surface area contributed by atoms with Crippen LogP contribution in [0, 0.1) is 6.92 Å². The molecule has 0 spiro atoms. The molecule has 0 aliphatic rings. The number of carbonyl (C=O) groups excluding carboxylic acids is 1. The molecule has 0 atom stereocenters. The van der Waals surface area contributed by atoms with Gasteiger partial charge in [-0.3, -0.25) is 4.98 Å². The van der Waals surface area contributed by atoms with Crippen molar-refractivity contribution in [1.29, 1.82) is 0 Å². The average molecular weight is 501 g/mol. The van der Waals surface area contributed by atoms with Gasteiger partial charge in [-0.15, -0.1) is 0 Å². The summed E-state index contributed by atoms with van der Waals surface area (Å²) in [6.07, 6.45) is 0. The van der Waals surface area contributed by atoms with Crippen molar-refractivity contribution < 1.29 is 9.53 Å². The smallest absolute Gasteiger partial charge is 0.340 e. The maximum Gasteiger partial charge on any atom is 0.340 e. The van der Waals surface area contributed by atoms with Crippen LogP contribution in [0.5, 0.6) is 0 Å². The molecule has 30 heavy (non-hydrogen) atoms. The lowest BCUT2D eigenvalue weighted by Gasteiger charge is -2.16. The summed E-state index contributed by atoms with van der Waals surface area (Å²) in [5.74, 6) is -0.465. The Hall–Kier alpha value is -2.40. The predicted octanol–water partition coefficient (Wildman–Crippen LogP) is 7.64. The van der Waals surface area contributed by atoms with Gasteiger partial charge in [0.2, 0.25) is 0 Å². The van der Waals surface area contributed by atoms with Crippen molar-refractivity contribution in [1.82, 2.24) is 4.98 Å². The first kappa shape index (κ1) is 20.9. The van der Waals surface area contributed by atoms with Crippen LogP contribution in [0.1, 0.15) is 21.6 Å². The van der Waals surface area contributed by atoms with E-state index in [2.05, 4.69) is 20.9 Å². The van der Waals surface area contributed by atoms with Gasteiger partial charge in [-0.1, -0.05) is 75.5 Å². The summed E-state index contributed by atoms with van der Waals surface area (Å²) in [5, 5.41) is 1.83. The van der Waals surface area contributed by atoms with E-state index in [0.717, 1.165) is 26.5 Å². The van der Waals surface area contributed by atoms with Gasteiger partial charge in [0.1, 0.15) is 6.61 Å². The molecule has 1 heterocycles. The number of esters is 1. The van der Waals surface area contributed by atoms with E-state index in [1.54, 1.807) is 25.1 Å². The SMILES string of the molecule is Cc1nc2ccc(Cl)cc2c(-c2ccccc2Cl)c1C(=O)OCc1ccccc1Br. The third-order valence-corrected chi connectivity index (χ3v) is 6.13. The molecule has 1 aromatic heterocycles. The lowest BCUT2D eigenvalue weighted by Crippen LogP contribution is -2.11. The molecule has 150 valence electrons. The quantitative estimate of drug-likeness (QED) is 0.270. The molecular formula is C24H16BrCl2NO2. The normalized spacial score (nSPS) is 10.9. The molecule has 0 aliphatic carbocycles. The number of halogens is 3. The second-order valence-electron chi connectivity index (χ2n) is 6.76. The van der Waals surface area contributed by atoms with E-state index in [4.69, 9.17) is 27.9 Å². The van der Waals surface area contributed by atoms with Crippen molar-refractivity contribution in [3.63, 3.8) is 0 Å². The number of carbonyl (C=O) groups is 1. The average Bonchev–Trinajstić information content (AvgIpc) is 2.73. The fraction of sp³-hybridized carbons (Fsp3) is 0.0833. The van der Waals surface area contributed by atoms with E-state index < -0.39 is 5.97 Å². The molecule has 3 aromatic carbocycles. The Morgan fingerprint density at radius 1 is 1.03 bits per heavy atom. The lowest BCUT2D eigenvalue weighted by atomic mass is 9.94. The summed E-state index contributed by atoms with van der Waals surface area (Å²) >= 11 is 16.3. The van der Waals surface area contributed by atoms with Crippen LogP contribution in [-0.2, 0) is 11.3 Å². The highest BCUT2D eigenvalue weighted by atomic mass is 79.9. The molecule has 0 amide bonds. The van der Waals surface area contributed by atoms with E-state index in [0.29, 0.717) is 26.9 Å². The highest BCUT2D eigenvalue weighted by Gasteiger charge is 2.23. The number of aryl methyl sites for hydroxylation is 1. The number of aromatic nitrogens is 1. The Kier molecular flexibility index (Phi) is 6.09. The van der Waals surface area contributed by atoms with Crippen LogP contribution in [0.15, 0.2) is 71.2 Å². The van der Waals surface area contributed by atoms with E-state index in [1.165, 1.54) is 0 Å². The van der Waals surface area contributed by atoms with Crippen molar-refractivity contribution in [2.24, 2.45) is 0 Å². The van der Waals surface area contributed by atoms with Gasteiger partial charge in [-0.05, 0) is 37.3 Å². The third kappa shape index (κ3) is 4.08. The Balaban J connectivity index is 1.87. The van der Waals surface area contributed by atoms with E-state index in [1.807, 2.05) is 48.5 Å². The Morgan fingerprint density at radius 2 is 1.77 bits per heavy atom. The first-order chi connectivity index (χ1) is 14.5. The van der Waals surface area contributed by atoms with Crippen LogP contribution in [0.4, 0.5) is 0 Å². The summed E-state index contributed by atoms with van der Waals surface area (Å²) in [6, 6.07) is 20.4. The molecular weight excluding hydrogens is 485 g/mol. The number of ether oxygens (including phenoxy) is 1. The van der Waals surface area contributed by atoms with Gasteiger partial charge in [-0.25, -0.2) is 4.79 Å². The van der Waals surface area contributed by atoms with E-state index >= 15 is 0 Å². The fourth-order valence-electron chi connectivity index (χ4n) is 3.38. The van der Waals surface area contributed by atoms with E-state index in [-0.39, 0.29) is 6.61 Å². The van der Waals surface area contributed by atoms with Gasteiger partial charge in [0, 0.05) is 36.6 Å². The zero-order chi connectivity index (χ0) is 21.3. The minimum Gasteiger partial charge on any atom is -0.457 e. The summed E-state index contributed by atoms with van der Waals surface area (Å²) in [6.45, 7) is 1.93. The minimum atomic E-state index is -0.465. The number of rotatable bonds is 4. The van der Waals surface area contributed by atoms with Gasteiger partial charge in [0.15, 0.2) is 0 Å². The van der Waals surface area contributed by atoms with Crippen molar-refractivity contribution in [3.05, 3.63) is 98.1 Å². The predicted molar refractivity (Wildman–Crippen MR) is 125 cm³/mol. The summed E-state index contributed by atoms with van der Waals surface area (Å²) in [4.78, 5) is 17.8.